The summed E-state index contributed by atoms with van der Waals surface area (Å²) in [5.74, 6) is -0.217. The zero-order valence-corrected chi connectivity index (χ0v) is 14.2. The Hall–Kier alpha value is -2.14. The Bertz CT molecular complexity index is 645. The first-order valence-electron chi connectivity index (χ1n) is 7.62. The highest BCUT2D eigenvalue weighted by Gasteiger charge is 2.08. The van der Waals surface area contributed by atoms with Crippen molar-refractivity contribution in [2.45, 2.75) is 31.2 Å². The van der Waals surface area contributed by atoms with Gasteiger partial charge in [0.1, 0.15) is 0 Å². The molecule has 2 rings (SSSR count). The van der Waals surface area contributed by atoms with Gasteiger partial charge >= 0.3 is 5.97 Å². The van der Waals surface area contributed by atoms with Crippen LogP contribution in [0.15, 0.2) is 53.4 Å². The van der Waals surface area contributed by atoms with Gasteiger partial charge in [0, 0.05) is 33.8 Å². The van der Waals surface area contributed by atoms with Crippen LogP contribution in [0.25, 0.3) is 0 Å². The Morgan fingerprint density at radius 3 is 2.52 bits per heavy atom. The number of rotatable bonds is 8. The topological polar surface area (TPSA) is 61.4 Å². The molecule has 4 nitrogen and oxygen atoms in total. The second kappa shape index (κ2) is 8.48. The third-order valence-corrected chi connectivity index (χ3v) is 4.12. The minimum Gasteiger partial charge on any atom is -0.481 e. The highest BCUT2D eigenvalue weighted by atomic mass is 32.2. The average Bonchev–Trinajstić information content (AvgIpc) is 2.50. The molecule has 0 atom stereocenters. The van der Waals surface area contributed by atoms with Crippen molar-refractivity contribution in [3.8, 4) is 0 Å². The maximum Gasteiger partial charge on any atom is 0.304 e. The van der Waals surface area contributed by atoms with Gasteiger partial charge in [-0.15, -0.1) is 11.8 Å². The molecule has 3 N–H and O–H groups in total. The van der Waals surface area contributed by atoms with Crippen LogP contribution >= 0.6 is 11.8 Å². The highest BCUT2D eigenvalue weighted by molar-refractivity contribution is 7.99. The second-order valence-electron chi connectivity index (χ2n) is 5.49. The summed E-state index contributed by atoms with van der Waals surface area (Å²) >= 11 is 1.56. The molecule has 2 aromatic rings. The molecule has 0 aliphatic rings. The molecule has 0 aliphatic carbocycles. The van der Waals surface area contributed by atoms with Gasteiger partial charge < -0.3 is 15.7 Å². The molecule has 0 aromatic heterocycles. The van der Waals surface area contributed by atoms with Crippen LogP contribution < -0.4 is 10.6 Å². The van der Waals surface area contributed by atoms with Crippen LogP contribution in [-0.4, -0.2) is 22.9 Å². The lowest BCUT2D eigenvalue weighted by Gasteiger charge is -2.16. The van der Waals surface area contributed by atoms with E-state index >= 15 is 0 Å². The van der Waals surface area contributed by atoms with Crippen molar-refractivity contribution >= 4 is 34.8 Å². The predicted molar refractivity (Wildman–Crippen MR) is 97.9 cm³/mol. The van der Waals surface area contributed by atoms with E-state index in [1.54, 1.807) is 11.8 Å². The van der Waals surface area contributed by atoms with Gasteiger partial charge in [-0.3, -0.25) is 4.79 Å². The quantitative estimate of drug-likeness (QED) is 0.606. The molecule has 0 unspecified atom stereocenters. The lowest BCUT2D eigenvalue weighted by Crippen LogP contribution is -2.10. The molecule has 2 aromatic carbocycles. The molecule has 122 valence electrons. The zero-order valence-electron chi connectivity index (χ0n) is 13.4. The van der Waals surface area contributed by atoms with E-state index in [9.17, 15) is 4.79 Å². The van der Waals surface area contributed by atoms with Crippen molar-refractivity contribution in [2.24, 2.45) is 0 Å². The minimum atomic E-state index is -0.769. The van der Waals surface area contributed by atoms with E-state index in [-0.39, 0.29) is 6.42 Å². The fourth-order valence-corrected chi connectivity index (χ4v) is 3.08. The van der Waals surface area contributed by atoms with E-state index in [0.717, 1.165) is 22.0 Å². The number of carboxylic acid groups (broad SMARTS) is 1. The van der Waals surface area contributed by atoms with Crippen LogP contribution in [0.4, 0.5) is 17.1 Å². The molecule has 23 heavy (non-hydrogen) atoms. The SMILES string of the molecule is CC(C)Nc1ccc(Nc2ccccc2)cc1SCCC(=O)O. The number of carbonyl (C=O) groups is 1. The summed E-state index contributed by atoms with van der Waals surface area (Å²) < 4.78 is 0. The van der Waals surface area contributed by atoms with Crippen LogP contribution in [0, 0.1) is 0 Å². The molecule has 0 amide bonds. The molecular formula is C18H22N2O2S. The van der Waals surface area contributed by atoms with Gasteiger partial charge in [-0.1, -0.05) is 18.2 Å². The van der Waals surface area contributed by atoms with Crippen LogP contribution in [0.3, 0.4) is 0 Å². The predicted octanol–water partition coefficient (Wildman–Crippen LogP) is 4.82. The van der Waals surface area contributed by atoms with Crippen molar-refractivity contribution in [2.75, 3.05) is 16.4 Å². The lowest BCUT2D eigenvalue weighted by atomic mass is 10.2. The number of para-hydroxylation sites is 1. The number of thioether (sulfide) groups is 1. The van der Waals surface area contributed by atoms with E-state index < -0.39 is 5.97 Å². The Morgan fingerprint density at radius 2 is 1.87 bits per heavy atom. The van der Waals surface area contributed by atoms with Crippen molar-refractivity contribution in [3.63, 3.8) is 0 Å². The van der Waals surface area contributed by atoms with Crippen LogP contribution in [0.1, 0.15) is 20.3 Å². The van der Waals surface area contributed by atoms with Gasteiger partial charge in [-0.05, 0) is 44.2 Å². The molecule has 0 aliphatic heterocycles. The Labute approximate surface area is 141 Å². The van der Waals surface area contributed by atoms with E-state index in [1.807, 2.05) is 42.5 Å². The molecule has 0 fully saturated rings. The first-order valence-corrected chi connectivity index (χ1v) is 8.60. The maximum atomic E-state index is 10.7. The van der Waals surface area contributed by atoms with Crippen molar-refractivity contribution in [1.29, 1.82) is 0 Å². The largest absolute Gasteiger partial charge is 0.481 e. The summed E-state index contributed by atoms with van der Waals surface area (Å²) in [7, 11) is 0. The number of hydrogen-bond acceptors (Lipinski definition) is 4. The normalized spacial score (nSPS) is 10.6. The van der Waals surface area contributed by atoms with E-state index in [1.165, 1.54) is 0 Å². The van der Waals surface area contributed by atoms with Gasteiger partial charge in [0.2, 0.25) is 0 Å². The number of benzene rings is 2. The van der Waals surface area contributed by atoms with Crippen molar-refractivity contribution in [1.82, 2.24) is 0 Å². The molecule has 0 saturated carbocycles. The summed E-state index contributed by atoms with van der Waals surface area (Å²) in [6.07, 6.45) is 0.155. The Morgan fingerprint density at radius 1 is 1.13 bits per heavy atom. The molecule has 5 heteroatoms. The van der Waals surface area contributed by atoms with Gasteiger partial charge in [-0.2, -0.15) is 0 Å². The fraction of sp³-hybridized carbons (Fsp3) is 0.278. The smallest absolute Gasteiger partial charge is 0.304 e. The number of aliphatic carboxylic acids is 1. The number of carboxylic acids is 1. The maximum absolute atomic E-state index is 10.7. The third kappa shape index (κ3) is 5.87. The molecule has 0 spiro atoms. The van der Waals surface area contributed by atoms with Gasteiger partial charge in [0.05, 0.1) is 6.42 Å². The van der Waals surface area contributed by atoms with E-state index in [2.05, 4.69) is 30.5 Å². The fourth-order valence-electron chi connectivity index (χ4n) is 2.09. The number of nitrogens with one attached hydrogen (secondary N) is 2. The zero-order chi connectivity index (χ0) is 16.7. The van der Waals surface area contributed by atoms with E-state index in [0.29, 0.717) is 11.8 Å². The van der Waals surface area contributed by atoms with Crippen LogP contribution in [-0.2, 0) is 4.79 Å². The standard InChI is InChI=1S/C18H22N2O2S/c1-13(2)19-16-9-8-15(20-14-6-4-3-5-7-14)12-17(16)23-11-10-18(21)22/h3-9,12-13,19-20H,10-11H2,1-2H3,(H,21,22). The number of hydrogen-bond donors (Lipinski definition) is 3. The molecule has 0 bridgehead atoms. The van der Waals surface area contributed by atoms with Crippen LogP contribution in [0.2, 0.25) is 0 Å². The van der Waals surface area contributed by atoms with E-state index in [4.69, 9.17) is 5.11 Å². The molecule has 0 heterocycles. The number of anilines is 3. The summed E-state index contributed by atoms with van der Waals surface area (Å²) in [4.78, 5) is 11.8. The summed E-state index contributed by atoms with van der Waals surface area (Å²) in [6, 6.07) is 16.4. The van der Waals surface area contributed by atoms with Gasteiger partial charge in [0.25, 0.3) is 0 Å². The van der Waals surface area contributed by atoms with Crippen molar-refractivity contribution in [3.05, 3.63) is 48.5 Å². The Balaban J connectivity index is 2.16. The summed E-state index contributed by atoms with van der Waals surface area (Å²) in [5, 5.41) is 15.6. The van der Waals surface area contributed by atoms with Gasteiger partial charge in [-0.25, -0.2) is 0 Å². The molecular weight excluding hydrogens is 308 g/mol. The van der Waals surface area contributed by atoms with Gasteiger partial charge in [0.15, 0.2) is 0 Å². The van der Waals surface area contributed by atoms with Crippen molar-refractivity contribution < 1.29 is 9.90 Å². The monoisotopic (exact) mass is 330 g/mol. The molecule has 0 saturated heterocycles. The third-order valence-electron chi connectivity index (χ3n) is 3.06. The first kappa shape index (κ1) is 17.2. The Kier molecular flexibility index (Phi) is 6.35. The summed E-state index contributed by atoms with van der Waals surface area (Å²) in [6.45, 7) is 4.17. The highest BCUT2D eigenvalue weighted by Crippen LogP contribution is 2.32. The second-order valence-corrected chi connectivity index (χ2v) is 6.63. The van der Waals surface area contributed by atoms with Crippen LogP contribution in [0.5, 0.6) is 0 Å². The summed E-state index contributed by atoms with van der Waals surface area (Å²) in [5.41, 5.74) is 3.05. The lowest BCUT2D eigenvalue weighted by molar-refractivity contribution is -0.136. The molecule has 0 radical (unpaired) electrons. The average molecular weight is 330 g/mol. The first-order chi connectivity index (χ1) is 11.0. The minimum absolute atomic E-state index is 0.155.